The van der Waals surface area contributed by atoms with Gasteiger partial charge in [0.2, 0.25) is 0 Å². The molecule has 3 rings (SSSR count). The third-order valence-electron chi connectivity index (χ3n) is 4.17. The summed E-state index contributed by atoms with van der Waals surface area (Å²) in [4.78, 5) is 0. The molecular weight excluding hydrogens is 326 g/mol. The summed E-state index contributed by atoms with van der Waals surface area (Å²) in [6.07, 6.45) is 5.20. The molecule has 0 saturated heterocycles. The van der Waals surface area contributed by atoms with Gasteiger partial charge in [0, 0.05) is 5.70 Å². The van der Waals surface area contributed by atoms with Crippen molar-refractivity contribution in [1.29, 1.82) is 0 Å². The van der Waals surface area contributed by atoms with Crippen molar-refractivity contribution in [2.75, 3.05) is 0 Å². The minimum atomic E-state index is 0.778. The molecule has 0 aliphatic carbocycles. The molecule has 0 aromatic heterocycles. The van der Waals surface area contributed by atoms with Gasteiger partial charge in [0.25, 0.3) is 0 Å². The van der Waals surface area contributed by atoms with E-state index in [2.05, 4.69) is 67.6 Å². The number of allylic oxidation sites excluding steroid dienone is 3. The van der Waals surface area contributed by atoms with Gasteiger partial charge in [-0.25, -0.2) is 0 Å². The highest BCUT2D eigenvalue weighted by Gasteiger charge is 2.02. The van der Waals surface area contributed by atoms with E-state index in [1.54, 1.807) is 0 Å². The van der Waals surface area contributed by atoms with Gasteiger partial charge in [-0.05, 0) is 41.7 Å². The van der Waals surface area contributed by atoms with E-state index >= 15 is 0 Å². The van der Waals surface area contributed by atoms with Gasteiger partial charge in [0.15, 0.2) is 0 Å². The van der Waals surface area contributed by atoms with Gasteiger partial charge in [-0.15, -0.1) is 0 Å². The zero-order chi connectivity index (χ0) is 19.5. The van der Waals surface area contributed by atoms with Crippen molar-refractivity contribution in [3.63, 3.8) is 0 Å². The first-order chi connectivity index (χ1) is 13.2. The highest BCUT2D eigenvalue weighted by Crippen LogP contribution is 2.21. The SMILES string of the molecule is CC.Cc1cccc(C/C=C(\C=C(/N)c2ccccc2)c2ccccc2)c1. The maximum Gasteiger partial charge on any atom is 0.0393 e. The van der Waals surface area contributed by atoms with Gasteiger partial charge < -0.3 is 5.73 Å². The molecule has 1 nitrogen and oxygen atoms in total. The van der Waals surface area contributed by atoms with Crippen LogP contribution in [0, 0.1) is 6.92 Å². The molecule has 0 heterocycles. The summed E-state index contributed by atoms with van der Waals surface area (Å²) in [7, 11) is 0. The van der Waals surface area contributed by atoms with Crippen molar-refractivity contribution in [2.24, 2.45) is 5.73 Å². The summed E-state index contributed by atoms with van der Waals surface area (Å²) in [6.45, 7) is 6.12. The molecule has 27 heavy (non-hydrogen) atoms. The second-order valence-corrected chi connectivity index (χ2v) is 6.18. The lowest BCUT2D eigenvalue weighted by molar-refractivity contribution is 1.25. The summed E-state index contributed by atoms with van der Waals surface area (Å²) in [5, 5.41) is 0. The molecule has 0 fully saturated rings. The Hall–Kier alpha value is -3.06. The van der Waals surface area contributed by atoms with Gasteiger partial charge in [0.1, 0.15) is 0 Å². The van der Waals surface area contributed by atoms with Gasteiger partial charge in [-0.1, -0.05) is 110 Å². The highest BCUT2D eigenvalue weighted by atomic mass is 14.6. The lowest BCUT2D eigenvalue weighted by Gasteiger charge is -2.07. The van der Waals surface area contributed by atoms with Crippen molar-refractivity contribution in [1.82, 2.24) is 0 Å². The van der Waals surface area contributed by atoms with E-state index in [-0.39, 0.29) is 0 Å². The molecule has 1 heteroatoms. The van der Waals surface area contributed by atoms with E-state index < -0.39 is 0 Å². The molecule has 3 aromatic rings. The van der Waals surface area contributed by atoms with E-state index in [1.165, 1.54) is 16.7 Å². The molecule has 0 amide bonds. The van der Waals surface area contributed by atoms with Crippen molar-refractivity contribution in [3.8, 4) is 0 Å². The maximum absolute atomic E-state index is 6.35. The van der Waals surface area contributed by atoms with Crippen LogP contribution in [-0.4, -0.2) is 0 Å². The Morgan fingerprint density at radius 2 is 1.37 bits per heavy atom. The summed E-state index contributed by atoms with van der Waals surface area (Å²) < 4.78 is 0. The summed E-state index contributed by atoms with van der Waals surface area (Å²) in [6, 6.07) is 29.1. The van der Waals surface area contributed by atoms with Crippen LogP contribution in [-0.2, 0) is 6.42 Å². The van der Waals surface area contributed by atoms with Gasteiger partial charge in [-0.2, -0.15) is 0 Å². The molecule has 2 N–H and O–H groups in total. The Kier molecular flexibility index (Phi) is 8.12. The Bertz CT molecular complexity index is 874. The first-order valence-electron chi connectivity index (χ1n) is 9.56. The zero-order valence-electron chi connectivity index (χ0n) is 16.5. The van der Waals surface area contributed by atoms with Crippen molar-refractivity contribution in [3.05, 3.63) is 119 Å². The first-order valence-corrected chi connectivity index (χ1v) is 9.56. The smallest absolute Gasteiger partial charge is 0.0393 e. The monoisotopic (exact) mass is 355 g/mol. The molecular formula is C26H29N. The lowest BCUT2D eigenvalue weighted by Crippen LogP contribution is -1.97. The first kappa shape index (κ1) is 20.3. The third kappa shape index (κ3) is 6.31. The van der Waals surface area contributed by atoms with Crippen LogP contribution in [0.25, 0.3) is 11.3 Å². The Morgan fingerprint density at radius 1 is 0.778 bits per heavy atom. The van der Waals surface area contributed by atoms with E-state index in [0.717, 1.165) is 23.3 Å². The van der Waals surface area contributed by atoms with Crippen LogP contribution in [0.5, 0.6) is 0 Å². The van der Waals surface area contributed by atoms with Crippen LogP contribution < -0.4 is 5.73 Å². The predicted molar refractivity (Wildman–Crippen MR) is 119 cm³/mol. The number of hydrogen-bond acceptors (Lipinski definition) is 1. The molecule has 0 saturated carbocycles. The number of aryl methyl sites for hydroxylation is 1. The Labute approximate surface area is 163 Å². The summed E-state index contributed by atoms with van der Waals surface area (Å²) in [5.74, 6) is 0. The Morgan fingerprint density at radius 3 is 1.96 bits per heavy atom. The van der Waals surface area contributed by atoms with Gasteiger partial charge in [-0.3, -0.25) is 0 Å². The van der Waals surface area contributed by atoms with E-state index in [4.69, 9.17) is 5.73 Å². The molecule has 0 atom stereocenters. The maximum atomic E-state index is 6.35. The van der Waals surface area contributed by atoms with Crippen LogP contribution in [0.2, 0.25) is 0 Å². The van der Waals surface area contributed by atoms with Crippen LogP contribution in [0.1, 0.15) is 36.1 Å². The predicted octanol–water partition coefficient (Wildman–Crippen LogP) is 6.65. The standard InChI is InChI=1S/C24H23N.C2H6/c1-19-9-8-10-20(17-19)15-16-23(21-11-4-2-5-12-21)18-24(25)22-13-6-3-7-14-22;1-2/h2-14,16-18H,15,25H2,1H3;1-2H3/b23-16+,24-18-;. The molecule has 0 aliphatic heterocycles. The fraction of sp³-hybridized carbons (Fsp3) is 0.154. The number of rotatable bonds is 5. The van der Waals surface area contributed by atoms with Crippen LogP contribution >= 0.6 is 0 Å². The van der Waals surface area contributed by atoms with Gasteiger partial charge in [0.05, 0.1) is 0 Å². The zero-order valence-corrected chi connectivity index (χ0v) is 16.5. The number of benzene rings is 3. The Balaban J connectivity index is 0.00000126. The van der Waals surface area contributed by atoms with Crippen LogP contribution in [0.4, 0.5) is 0 Å². The minimum Gasteiger partial charge on any atom is -0.398 e. The minimum absolute atomic E-state index is 0.778. The molecule has 0 radical (unpaired) electrons. The molecule has 0 spiro atoms. The topological polar surface area (TPSA) is 26.0 Å². The van der Waals surface area contributed by atoms with Crippen LogP contribution in [0.3, 0.4) is 0 Å². The largest absolute Gasteiger partial charge is 0.398 e. The fourth-order valence-electron chi connectivity index (χ4n) is 2.84. The van der Waals surface area contributed by atoms with E-state index in [0.29, 0.717) is 0 Å². The van der Waals surface area contributed by atoms with Crippen molar-refractivity contribution in [2.45, 2.75) is 27.2 Å². The van der Waals surface area contributed by atoms with Crippen LogP contribution in [0.15, 0.2) is 97.1 Å². The highest BCUT2D eigenvalue weighted by molar-refractivity contribution is 5.82. The quantitative estimate of drug-likeness (QED) is 0.510. The fourth-order valence-corrected chi connectivity index (χ4v) is 2.84. The summed E-state index contributed by atoms with van der Waals surface area (Å²) >= 11 is 0. The van der Waals surface area contributed by atoms with E-state index in [1.807, 2.05) is 50.2 Å². The third-order valence-corrected chi connectivity index (χ3v) is 4.17. The molecule has 138 valence electrons. The molecule has 0 bridgehead atoms. The molecule has 0 aliphatic rings. The lowest BCUT2D eigenvalue weighted by atomic mass is 9.99. The second-order valence-electron chi connectivity index (χ2n) is 6.18. The van der Waals surface area contributed by atoms with Crippen molar-refractivity contribution < 1.29 is 0 Å². The van der Waals surface area contributed by atoms with E-state index in [9.17, 15) is 0 Å². The van der Waals surface area contributed by atoms with Gasteiger partial charge >= 0.3 is 0 Å². The molecule has 0 unspecified atom stereocenters. The number of nitrogens with two attached hydrogens (primary N) is 1. The normalized spacial score (nSPS) is 11.5. The summed E-state index contributed by atoms with van der Waals surface area (Å²) in [5.41, 5.74) is 13.1. The molecule has 3 aromatic carbocycles. The average Bonchev–Trinajstić information content (AvgIpc) is 2.74. The average molecular weight is 356 g/mol. The second kappa shape index (κ2) is 10.8. The number of hydrogen-bond donors (Lipinski definition) is 1. The van der Waals surface area contributed by atoms with Crippen molar-refractivity contribution >= 4 is 11.3 Å².